The third-order valence-electron chi connectivity index (χ3n) is 1.53. The Labute approximate surface area is 97.6 Å². The molecule has 0 atom stereocenters. The van der Waals surface area contributed by atoms with Gasteiger partial charge in [0.1, 0.15) is 18.5 Å². The molecular weight excluding hydrogens is 228 g/mol. The fraction of sp³-hybridized carbons (Fsp3) is 0.556. The number of ether oxygens (including phenoxy) is 1. The highest BCUT2D eigenvalue weighted by Gasteiger charge is 2.18. The van der Waals surface area contributed by atoms with Crippen LogP contribution in [-0.4, -0.2) is 37.5 Å². The number of hydrogen-bond donors (Lipinski definition) is 2. The summed E-state index contributed by atoms with van der Waals surface area (Å²) in [7, 11) is 0. The normalized spacial score (nSPS) is 11.0. The summed E-state index contributed by atoms with van der Waals surface area (Å²) in [6.07, 6.45) is 0.498. The molecule has 17 heavy (non-hydrogen) atoms. The lowest BCUT2D eigenvalue weighted by molar-refractivity contribution is -0.137. The van der Waals surface area contributed by atoms with Gasteiger partial charge in [-0.05, 0) is 20.8 Å². The number of anilines is 1. The lowest BCUT2D eigenvalue weighted by Crippen LogP contribution is -2.28. The van der Waals surface area contributed by atoms with Gasteiger partial charge in [0.2, 0.25) is 5.95 Å². The van der Waals surface area contributed by atoms with Crippen LogP contribution in [0.3, 0.4) is 0 Å². The highest BCUT2D eigenvalue weighted by molar-refractivity contribution is 5.82. The summed E-state index contributed by atoms with van der Waals surface area (Å²) in [6, 6.07) is 0. The van der Waals surface area contributed by atoms with Gasteiger partial charge in [-0.2, -0.15) is 0 Å². The number of carbonyl (C=O) groups excluding carboxylic acids is 1. The zero-order valence-corrected chi connectivity index (χ0v) is 9.80. The standard InChI is InChI=1S/C9H14N4O4/c1-9(2,3)17-8(16)11-7-12-10-5-13(7)4-6(14)15/h5H,4H2,1-3H3,(H,14,15)(H,11,12,16). The first-order chi connectivity index (χ1) is 7.78. The SMILES string of the molecule is CC(C)(C)OC(=O)Nc1nncn1CC(=O)O. The zero-order chi connectivity index (χ0) is 13.1. The van der Waals surface area contributed by atoms with Crippen LogP contribution in [0.4, 0.5) is 10.7 Å². The van der Waals surface area contributed by atoms with Crippen molar-refractivity contribution in [2.75, 3.05) is 5.32 Å². The fourth-order valence-electron chi connectivity index (χ4n) is 1.01. The molecule has 1 aromatic rings. The largest absolute Gasteiger partial charge is 0.480 e. The Morgan fingerprint density at radius 1 is 1.53 bits per heavy atom. The maximum atomic E-state index is 11.4. The summed E-state index contributed by atoms with van der Waals surface area (Å²) >= 11 is 0. The number of carbonyl (C=O) groups is 2. The average molecular weight is 242 g/mol. The molecular formula is C9H14N4O4. The predicted molar refractivity (Wildman–Crippen MR) is 57.5 cm³/mol. The van der Waals surface area contributed by atoms with Crippen LogP contribution in [0, 0.1) is 0 Å². The monoisotopic (exact) mass is 242 g/mol. The minimum atomic E-state index is -1.06. The Kier molecular flexibility index (Phi) is 3.66. The summed E-state index contributed by atoms with van der Waals surface area (Å²) in [4.78, 5) is 21.9. The van der Waals surface area contributed by atoms with Crippen LogP contribution in [-0.2, 0) is 16.1 Å². The van der Waals surface area contributed by atoms with E-state index in [2.05, 4.69) is 15.5 Å². The van der Waals surface area contributed by atoms with Crippen molar-refractivity contribution in [1.29, 1.82) is 0 Å². The summed E-state index contributed by atoms with van der Waals surface area (Å²) in [6.45, 7) is 4.82. The van der Waals surface area contributed by atoms with Crippen molar-refractivity contribution in [2.45, 2.75) is 32.9 Å². The van der Waals surface area contributed by atoms with Crippen LogP contribution < -0.4 is 5.32 Å². The van der Waals surface area contributed by atoms with Crippen molar-refractivity contribution in [3.05, 3.63) is 6.33 Å². The van der Waals surface area contributed by atoms with Gasteiger partial charge >= 0.3 is 12.1 Å². The highest BCUT2D eigenvalue weighted by Crippen LogP contribution is 2.09. The molecule has 0 radical (unpaired) electrons. The molecule has 0 aliphatic heterocycles. The maximum absolute atomic E-state index is 11.4. The first-order valence-corrected chi connectivity index (χ1v) is 4.87. The number of hydrogen-bond acceptors (Lipinski definition) is 5. The van der Waals surface area contributed by atoms with E-state index in [1.807, 2.05) is 0 Å². The molecule has 8 nitrogen and oxygen atoms in total. The topological polar surface area (TPSA) is 106 Å². The van der Waals surface area contributed by atoms with E-state index in [0.717, 1.165) is 0 Å². The molecule has 0 aromatic carbocycles. The van der Waals surface area contributed by atoms with Gasteiger partial charge in [0, 0.05) is 0 Å². The summed E-state index contributed by atoms with van der Waals surface area (Å²) in [5.74, 6) is -1.03. The van der Waals surface area contributed by atoms with Crippen LogP contribution >= 0.6 is 0 Å². The quantitative estimate of drug-likeness (QED) is 0.808. The van der Waals surface area contributed by atoms with Crippen molar-refractivity contribution in [3.63, 3.8) is 0 Å². The molecule has 1 heterocycles. The highest BCUT2D eigenvalue weighted by atomic mass is 16.6. The van der Waals surface area contributed by atoms with Gasteiger partial charge in [0.25, 0.3) is 0 Å². The molecule has 0 fully saturated rings. The van der Waals surface area contributed by atoms with Crippen molar-refractivity contribution >= 4 is 18.0 Å². The molecule has 1 amide bonds. The Bertz CT molecular complexity index is 421. The summed E-state index contributed by atoms with van der Waals surface area (Å²) in [5.41, 5.74) is -0.637. The van der Waals surface area contributed by atoms with Gasteiger partial charge in [0.15, 0.2) is 0 Å². The first kappa shape index (κ1) is 12.9. The molecule has 0 unspecified atom stereocenters. The Hall–Kier alpha value is -2.12. The van der Waals surface area contributed by atoms with Crippen LogP contribution in [0.25, 0.3) is 0 Å². The van der Waals surface area contributed by atoms with Gasteiger partial charge in [-0.1, -0.05) is 0 Å². The Morgan fingerprint density at radius 2 is 2.18 bits per heavy atom. The number of amides is 1. The van der Waals surface area contributed by atoms with E-state index in [0.29, 0.717) is 0 Å². The predicted octanol–water partition coefficient (Wildman–Crippen LogP) is 0.710. The van der Waals surface area contributed by atoms with Crippen LogP contribution in [0.1, 0.15) is 20.8 Å². The van der Waals surface area contributed by atoms with Crippen LogP contribution in [0.5, 0.6) is 0 Å². The molecule has 0 aliphatic rings. The van der Waals surface area contributed by atoms with Gasteiger partial charge in [-0.3, -0.25) is 14.7 Å². The molecule has 0 bridgehead atoms. The number of rotatable bonds is 3. The van der Waals surface area contributed by atoms with Crippen molar-refractivity contribution in [1.82, 2.24) is 14.8 Å². The second-order valence-corrected chi connectivity index (χ2v) is 4.30. The van der Waals surface area contributed by atoms with E-state index in [-0.39, 0.29) is 12.5 Å². The Balaban J connectivity index is 2.65. The van der Waals surface area contributed by atoms with Gasteiger partial charge < -0.3 is 9.84 Å². The van der Waals surface area contributed by atoms with Crippen molar-refractivity contribution in [3.8, 4) is 0 Å². The first-order valence-electron chi connectivity index (χ1n) is 4.87. The van der Waals surface area contributed by atoms with E-state index in [1.165, 1.54) is 10.9 Å². The summed E-state index contributed by atoms with van der Waals surface area (Å²) < 4.78 is 6.18. The lowest BCUT2D eigenvalue weighted by Gasteiger charge is -2.19. The van der Waals surface area contributed by atoms with Crippen LogP contribution in [0.2, 0.25) is 0 Å². The molecule has 0 aliphatic carbocycles. The van der Waals surface area contributed by atoms with Gasteiger partial charge in [-0.15, -0.1) is 10.2 Å². The van der Waals surface area contributed by atoms with Crippen molar-refractivity contribution < 1.29 is 19.4 Å². The van der Waals surface area contributed by atoms with E-state index < -0.39 is 17.7 Å². The minimum Gasteiger partial charge on any atom is -0.480 e. The molecule has 1 aromatic heterocycles. The molecule has 8 heteroatoms. The zero-order valence-electron chi connectivity index (χ0n) is 9.80. The summed E-state index contributed by atoms with van der Waals surface area (Å²) in [5, 5.41) is 18.0. The molecule has 0 spiro atoms. The number of aliphatic carboxylic acids is 1. The molecule has 2 N–H and O–H groups in total. The van der Waals surface area contributed by atoms with E-state index in [1.54, 1.807) is 20.8 Å². The lowest BCUT2D eigenvalue weighted by atomic mass is 10.2. The third kappa shape index (κ3) is 4.49. The number of aromatic nitrogens is 3. The van der Waals surface area contributed by atoms with E-state index in [9.17, 15) is 9.59 Å². The third-order valence-corrected chi connectivity index (χ3v) is 1.53. The molecule has 1 rings (SSSR count). The maximum Gasteiger partial charge on any atom is 0.414 e. The van der Waals surface area contributed by atoms with Gasteiger partial charge in [-0.25, -0.2) is 4.79 Å². The minimum absolute atomic E-state index is 0.0293. The van der Waals surface area contributed by atoms with E-state index >= 15 is 0 Å². The molecule has 0 saturated carbocycles. The Morgan fingerprint density at radius 3 is 2.71 bits per heavy atom. The van der Waals surface area contributed by atoms with Crippen molar-refractivity contribution in [2.24, 2.45) is 0 Å². The number of carboxylic acids is 1. The van der Waals surface area contributed by atoms with E-state index in [4.69, 9.17) is 9.84 Å². The number of nitrogens with zero attached hydrogens (tertiary/aromatic N) is 3. The smallest absolute Gasteiger partial charge is 0.414 e. The molecule has 94 valence electrons. The fourth-order valence-corrected chi connectivity index (χ4v) is 1.01. The number of nitrogens with one attached hydrogen (secondary N) is 1. The van der Waals surface area contributed by atoms with Gasteiger partial charge in [0.05, 0.1) is 0 Å². The second-order valence-electron chi connectivity index (χ2n) is 4.30. The van der Waals surface area contributed by atoms with Crippen LogP contribution in [0.15, 0.2) is 6.33 Å². The number of carboxylic acid groups (broad SMARTS) is 1. The second kappa shape index (κ2) is 4.81. The molecule has 0 saturated heterocycles. The average Bonchev–Trinajstić information content (AvgIpc) is 2.47.